The van der Waals surface area contributed by atoms with Crippen molar-refractivity contribution in [1.82, 2.24) is 20.5 Å². The van der Waals surface area contributed by atoms with Gasteiger partial charge in [-0.15, -0.1) is 10.2 Å². The van der Waals surface area contributed by atoms with Gasteiger partial charge >= 0.3 is 0 Å². The summed E-state index contributed by atoms with van der Waals surface area (Å²) < 4.78 is 5.72. The molecule has 1 atom stereocenters. The third-order valence-electron chi connectivity index (χ3n) is 4.53. The molecule has 2 aromatic carbocycles. The maximum absolute atomic E-state index is 12.1. The first-order valence-electron chi connectivity index (χ1n) is 9.05. The second-order valence-electron chi connectivity index (χ2n) is 6.53. The number of aromatic amines is 1. The van der Waals surface area contributed by atoms with Crippen LogP contribution in [0.25, 0.3) is 22.4 Å². The number of para-hydroxylation sites is 1. The molecule has 0 aliphatic heterocycles. The van der Waals surface area contributed by atoms with Gasteiger partial charge in [0.2, 0.25) is 5.91 Å². The lowest BCUT2D eigenvalue weighted by molar-refractivity contribution is -0.118. The summed E-state index contributed by atoms with van der Waals surface area (Å²) >= 11 is 1.24. The first-order chi connectivity index (χ1) is 13.7. The number of benzene rings is 2. The van der Waals surface area contributed by atoms with E-state index < -0.39 is 0 Å². The van der Waals surface area contributed by atoms with Gasteiger partial charge in [0.1, 0.15) is 0 Å². The van der Waals surface area contributed by atoms with Crippen LogP contribution in [0.15, 0.2) is 70.4 Å². The van der Waals surface area contributed by atoms with Crippen molar-refractivity contribution in [3.8, 4) is 11.5 Å². The van der Waals surface area contributed by atoms with Crippen molar-refractivity contribution < 1.29 is 9.21 Å². The number of nitrogens with one attached hydrogen (secondary N) is 2. The molecule has 0 saturated heterocycles. The van der Waals surface area contributed by atoms with Gasteiger partial charge in [-0.25, -0.2) is 0 Å². The fourth-order valence-corrected chi connectivity index (χ4v) is 3.56. The van der Waals surface area contributed by atoms with Crippen LogP contribution in [0, 0.1) is 0 Å². The molecule has 1 amide bonds. The molecule has 2 N–H and O–H groups in total. The van der Waals surface area contributed by atoms with Gasteiger partial charge in [-0.05, 0) is 17.5 Å². The van der Waals surface area contributed by atoms with Crippen molar-refractivity contribution in [2.45, 2.75) is 18.1 Å². The van der Waals surface area contributed by atoms with Crippen molar-refractivity contribution in [3.05, 3.63) is 66.4 Å². The maximum Gasteiger partial charge on any atom is 0.277 e. The molecule has 2 heterocycles. The summed E-state index contributed by atoms with van der Waals surface area (Å²) in [7, 11) is 0. The van der Waals surface area contributed by atoms with Crippen molar-refractivity contribution >= 4 is 28.6 Å². The number of thioether (sulfide) groups is 1. The number of carbonyl (C=O) groups is 1. The molecule has 28 heavy (non-hydrogen) atoms. The molecular formula is C21H20N4O2S. The molecule has 0 unspecified atom stereocenters. The molecule has 2 aromatic heterocycles. The van der Waals surface area contributed by atoms with E-state index in [4.69, 9.17) is 4.42 Å². The van der Waals surface area contributed by atoms with Gasteiger partial charge in [-0.2, -0.15) is 0 Å². The standard InChI is InChI=1S/C21H20N4O2S/c1-14(15-7-3-2-4-8-15)11-23-19(26)13-28-21-25-24-20(27-21)17-12-22-18-10-6-5-9-16(17)18/h2-10,12,14,22H,11,13H2,1H3,(H,23,26)/t14-/m0/s1. The highest BCUT2D eigenvalue weighted by molar-refractivity contribution is 7.99. The van der Waals surface area contributed by atoms with Gasteiger partial charge in [0.15, 0.2) is 0 Å². The summed E-state index contributed by atoms with van der Waals surface area (Å²) in [6.45, 7) is 2.68. The summed E-state index contributed by atoms with van der Waals surface area (Å²) in [4.78, 5) is 15.3. The number of amides is 1. The summed E-state index contributed by atoms with van der Waals surface area (Å²) in [6, 6.07) is 18.0. The minimum Gasteiger partial charge on any atom is -0.411 e. The molecular weight excluding hydrogens is 372 g/mol. The first kappa shape index (κ1) is 18.3. The maximum atomic E-state index is 12.1. The van der Waals surface area contributed by atoms with Gasteiger partial charge in [0.25, 0.3) is 11.1 Å². The molecule has 0 aliphatic rings. The Morgan fingerprint density at radius 3 is 2.79 bits per heavy atom. The van der Waals surface area contributed by atoms with E-state index in [0.717, 1.165) is 16.5 Å². The van der Waals surface area contributed by atoms with Crippen LogP contribution in [0.3, 0.4) is 0 Å². The Hall–Kier alpha value is -3.06. The largest absolute Gasteiger partial charge is 0.411 e. The van der Waals surface area contributed by atoms with Crippen LogP contribution in [0.5, 0.6) is 0 Å². The summed E-state index contributed by atoms with van der Waals surface area (Å²) in [5.74, 6) is 0.876. The average molecular weight is 392 g/mol. The highest BCUT2D eigenvalue weighted by Gasteiger charge is 2.15. The van der Waals surface area contributed by atoms with Gasteiger partial charge in [-0.1, -0.05) is 67.2 Å². The van der Waals surface area contributed by atoms with Gasteiger partial charge in [0, 0.05) is 23.6 Å². The van der Waals surface area contributed by atoms with Crippen LogP contribution in [0.2, 0.25) is 0 Å². The third kappa shape index (κ3) is 4.09. The molecule has 4 rings (SSSR count). The van der Waals surface area contributed by atoms with Crippen molar-refractivity contribution in [2.24, 2.45) is 0 Å². The number of H-pyrrole nitrogens is 1. The van der Waals surface area contributed by atoms with Crippen LogP contribution in [0.1, 0.15) is 18.4 Å². The molecule has 0 saturated carbocycles. The van der Waals surface area contributed by atoms with E-state index in [0.29, 0.717) is 17.7 Å². The number of nitrogens with zero attached hydrogens (tertiary/aromatic N) is 2. The highest BCUT2D eigenvalue weighted by Crippen LogP contribution is 2.29. The van der Waals surface area contributed by atoms with Gasteiger partial charge < -0.3 is 14.7 Å². The SMILES string of the molecule is C[C@@H](CNC(=O)CSc1nnc(-c2c[nH]c3ccccc23)o1)c1ccccc1. The molecule has 0 radical (unpaired) electrons. The molecule has 0 fully saturated rings. The molecule has 6 nitrogen and oxygen atoms in total. The Bertz CT molecular complexity index is 1070. The predicted molar refractivity (Wildman–Crippen MR) is 110 cm³/mol. The summed E-state index contributed by atoms with van der Waals surface area (Å²) in [6.07, 6.45) is 1.85. The Labute approximate surface area is 166 Å². The second-order valence-corrected chi connectivity index (χ2v) is 7.45. The van der Waals surface area contributed by atoms with Crippen molar-refractivity contribution in [3.63, 3.8) is 0 Å². The van der Waals surface area contributed by atoms with Crippen molar-refractivity contribution in [2.75, 3.05) is 12.3 Å². The first-order valence-corrected chi connectivity index (χ1v) is 10.0. The second kappa shape index (κ2) is 8.31. The lowest BCUT2D eigenvalue weighted by Gasteiger charge is -2.12. The van der Waals surface area contributed by atoms with Crippen LogP contribution in [-0.4, -0.2) is 33.4 Å². The van der Waals surface area contributed by atoms with Crippen LogP contribution < -0.4 is 5.32 Å². The Balaban J connectivity index is 1.31. The minimum atomic E-state index is -0.0559. The van der Waals surface area contributed by atoms with E-state index in [1.807, 2.05) is 48.7 Å². The van der Waals surface area contributed by atoms with Crippen LogP contribution >= 0.6 is 11.8 Å². The number of aromatic nitrogens is 3. The molecule has 0 spiro atoms. The molecule has 0 bridgehead atoms. The number of fused-ring (bicyclic) bond motifs is 1. The van der Waals surface area contributed by atoms with E-state index in [1.165, 1.54) is 17.3 Å². The average Bonchev–Trinajstić information content (AvgIpc) is 3.37. The normalized spacial score (nSPS) is 12.2. The Kier molecular flexibility index (Phi) is 5.43. The van der Waals surface area contributed by atoms with Crippen molar-refractivity contribution in [1.29, 1.82) is 0 Å². The number of rotatable bonds is 7. The van der Waals surface area contributed by atoms with Gasteiger partial charge in [0.05, 0.1) is 11.3 Å². The zero-order valence-electron chi connectivity index (χ0n) is 15.4. The van der Waals surface area contributed by atoms with E-state index in [9.17, 15) is 4.79 Å². The fraction of sp³-hybridized carbons (Fsp3) is 0.190. The topological polar surface area (TPSA) is 83.8 Å². The third-order valence-corrected chi connectivity index (χ3v) is 5.35. The lowest BCUT2D eigenvalue weighted by Crippen LogP contribution is -2.28. The van der Waals surface area contributed by atoms with Crippen LogP contribution in [-0.2, 0) is 4.79 Å². The monoisotopic (exact) mass is 392 g/mol. The zero-order valence-corrected chi connectivity index (χ0v) is 16.2. The van der Waals surface area contributed by atoms with E-state index in [1.54, 1.807) is 0 Å². The fourth-order valence-electron chi connectivity index (χ4n) is 2.97. The predicted octanol–water partition coefficient (Wildman–Crippen LogP) is 4.23. The zero-order chi connectivity index (χ0) is 19.3. The smallest absolute Gasteiger partial charge is 0.277 e. The van der Waals surface area contributed by atoms with E-state index in [-0.39, 0.29) is 17.6 Å². The molecule has 142 valence electrons. The number of carbonyl (C=O) groups excluding carboxylic acids is 1. The quantitative estimate of drug-likeness (QED) is 0.460. The lowest BCUT2D eigenvalue weighted by atomic mass is 10.0. The van der Waals surface area contributed by atoms with E-state index >= 15 is 0 Å². The highest BCUT2D eigenvalue weighted by atomic mass is 32.2. The summed E-state index contributed by atoms with van der Waals surface area (Å²) in [5, 5.41) is 12.5. The minimum absolute atomic E-state index is 0.0559. The van der Waals surface area contributed by atoms with E-state index in [2.05, 4.69) is 39.6 Å². The Morgan fingerprint density at radius 2 is 1.93 bits per heavy atom. The number of hydrogen-bond donors (Lipinski definition) is 2. The molecule has 0 aliphatic carbocycles. The molecule has 7 heteroatoms. The van der Waals surface area contributed by atoms with Gasteiger partial charge in [-0.3, -0.25) is 4.79 Å². The summed E-state index contributed by atoms with van der Waals surface area (Å²) in [5.41, 5.74) is 3.07. The Morgan fingerprint density at radius 1 is 1.14 bits per heavy atom. The number of hydrogen-bond acceptors (Lipinski definition) is 5. The molecule has 4 aromatic rings. The van der Waals surface area contributed by atoms with Crippen LogP contribution in [0.4, 0.5) is 0 Å².